The Bertz CT molecular complexity index is 944. The summed E-state index contributed by atoms with van der Waals surface area (Å²) in [5.41, 5.74) is 0.441. The van der Waals surface area contributed by atoms with Gasteiger partial charge in [-0.15, -0.1) is 0 Å². The summed E-state index contributed by atoms with van der Waals surface area (Å²) >= 11 is 0. The molecule has 0 aliphatic carbocycles. The highest BCUT2D eigenvalue weighted by molar-refractivity contribution is 5.87. The van der Waals surface area contributed by atoms with Crippen molar-refractivity contribution in [1.29, 1.82) is 0 Å². The molecule has 3 atom stereocenters. The van der Waals surface area contributed by atoms with E-state index in [0.29, 0.717) is 5.56 Å². The van der Waals surface area contributed by atoms with Crippen LogP contribution in [0.3, 0.4) is 0 Å². The van der Waals surface area contributed by atoms with Gasteiger partial charge in [-0.3, -0.25) is 4.79 Å². The summed E-state index contributed by atoms with van der Waals surface area (Å²) < 4.78 is 18.3. The summed E-state index contributed by atoms with van der Waals surface area (Å²) in [5, 5.41) is 25.0. The van der Waals surface area contributed by atoms with E-state index in [9.17, 15) is 29.0 Å². The largest absolute Gasteiger partial charge is 0.480 e. The monoisotopic (exact) mass is 460 g/mol. The second-order valence-electron chi connectivity index (χ2n) is 8.62. The molecule has 0 aromatic heterocycles. The molecule has 2 amide bonds. The number of carboxylic acids is 1. The molecule has 4 N–H and O–H groups in total. The third-order valence-electron chi connectivity index (χ3n) is 4.62. The number of carbonyl (C=O) groups is 3. The summed E-state index contributed by atoms with van der Waals surface area (Å²) in [6.45, 7) is 5.03. The quantitative estimate of drug-likeness (QED) is 0.456. The molecule has 0 fully saturated rings. The van der Waals surface area contributed by atoms with Gasteiger partial charge in [0.05, 0.1) is 6.04 Å². The molecule has 0 spiro atoms. The molecule has 2 aromatic rings. The first-order chi connectivity index (χ1) is 15.4. The second-order valence-corrected chi connectivity index (χ2v) is 8.62. The molecule has 0 radical (unpaired) electrons. The van der Waals surface area contributed by atoms with E-state index in [0.717, 1.165) is 5.56 Å². The van der Waals surface area contributed by atoms with Crippen molar-refractivity contribution in [3.05, 3.63) is 71.5 Å². The van der Waals surface area contributed by atoms with Gasteiger partial charge in [-0.1, -0.05) is 42.5 Å². The maximum absolute atomic E-state index is 13.1. The number of rotatable bonds is 9. The van der Waals surface area contributed by atoms with Crippen LogP contribution in [0.4, 0.5) is 9.18 Å². The summed E-state index contributed by atoms with van der Waals surface area (Å²) in [7, 11) is 0. The van der Waals surface area contributed by atoms with Crippen molar-refractivity contribution in [2.45, 2.75) is 57.4 Å². The van der Waals surface area contributed by atoms with Crippen molar-refractivity contribution in [2.75, 3.05) is 0 Å². The van der Waals surface area contributed by atoms with Crippen molar-refractivity contribution < 1.29 is 33.7 Å². The number of aliphatic carboxylic acids is 1. The summed E-state index contributed by atoms with van der Waals surface area (Å²) in [5.74, 6) is -2.76. The highest BCUT2D eigenvalue weighted by Gasteiger charge is 2.32. The van der Waals surface area contributed by atoms with Crippen LogP contribution in [0.2, 0.25) is 0 Å². The van der Waals surface area contributed by atoms with E-state index in [1.54, 1.807) is 51.1 Å². The first-order valence-corrected chi connectivity index (χ1v) is 10.4. The summed E-state index contributed by atoms with van der Waals surface area (Å²) in [4.78, 5) is 36.7. The summed E-state index contributed by atoms with van der Waals surface area (Å²) in [6, 6.07) is 11.6. The molecule has 0 bridgehead atoms. The first-order valence-electron chi connectivity index (χ1n) is 10.4. The Morgan fingerprint density at radius 2 is 1.52 bits per heavy atom. The zero-order valence-electron chi connectivity index (χ0n) is 18.7. The van der Waals surface area contributed by atoms with Crippen LogP contribution < -0.4 is 10.6 Å². The molecule has 0 unspecified atom stereocenters. The van der Waals surface area contributed by atoms with E-state index < -0.39 is 47.6 Å². The molecule has 0 aliphatic heterocycles. The minimum atomic E-state index is -1.76. The van der Waals surface area contributed by atoms with Crippen LogP contribution in [-0.2, 0) is 27.2 Å². The number of halogens is 1. The van der Waals surface area contributed by atoms with Crippen molar-refractivity contribution in [3.63, 3.8) is 0 Å². The SMILES string of the molecule is CC(C)(C)OC(=O)N[C@H](Cc1ccccc1)[C@H](O)C(=O)N[C@@H](Cc1ccc(F)cc1)C(=O)O. The number of aliphatic hydroxyl groups excluding tert-OH is 1. The summed E-state index contributed by atoms with van der Waals surface area (Å²) in [6.07, 6.45) is -2.59. The van der Waals surface area contributed by atoms with Gasteiger partial charge < -0.3 is 25.6 Å². The van der Waals surface area contributed by atoms with Crippen LogP contribution in [0.25, 0.3) is 0 Å². The van der Waals surface area contributed by atoms with Crippen molar-refractivity contribution in [1.82, 2.24) is 10.6 Å². The van der Waals surface area contributed by atoms with E-state index in [4.69, 9.17) is 4.74 Å². The average Bonchev–Trinajstić information content (AvgIpc) is 2.73. The topological polar surface area (TPSA) is 125 Å². The van der Waals surface area contributed by atoms with Gasteiger partial charge in [0.25, 0.3) is 5.91 Å². The van der Waals surface area contributed by atoms with E-state index in [1.807, 2.05) is 0 Å². The Hall–Kier alpha value is -3.46. The van der Waals surface area contributed by atoms with E-state index in [2.05, 4.69) is 10.6 Å². The predicted octanol–water partition coefficient (Wildman–Crippen LogP) is 2.43. The Morgan fingerprint density at radius 3 is 2.06 bits per heavy atom. The molecule has 33 heavy (non-hydrogen) atoms. The van der Waals surface area contributed by atoms with Gasteiger partial charge in [0, 0.05) is 6.42 Å². The molecule has 2 aromatic carbocycles. The molecular weight excluding hydrogens is 431 g/mol. The molecule has 8 nitrogen and oxygen atoms in total. The highest BCUT2D eigenvalue weighted by Crippen LogP contribution is 2.12. The third-order valence-corrected chi connectivity index (χ3v) is 4.62. The lowest BCUT2D eigenvalue weighted by atomic mass is 10.00. The Morgan fingerprint density at radius 1 is 0.939 bits per heavy atom. The molecule has 0 saturated carbocycles. The Labute approximate surface area is 191 Å². The lowest BCUT2D eigenvalue weighted by Gasteiger charge is -2.27. The highest BCUT2D eigenvalue weighted by atomic mass is 19.1. The lowest BCUT2D eigenvalue weighted by Crippen LogP contribution is -2.55. The number of hydrogen-bond donors (Lipinski definition) is 4. The molecule has 0 aliphatic rings. The number of benzene rings is 2. The number of aliphatic hydroxyl groups is 1. The van der Waals surface area contributed by atoms with Crippen LogP contribution >= 0.6 is 0 Å². The molecular formula is C24H29FN2O6. The van der Waals surface area contributed by atoms with Gasteiger partial charge in [0.15, 0.2) is 6.10 Å². The normalized spacial score (nSPS) is 14.0. The number of carboxylic acid groups (broad SMARTS) is 1. The van der Waals surface area contributed by atoms with Gasteiger partial charge in [-0.05, 0) is 50.5 Å². The molecule has 2 rings (SSSR count). The van der Waals surface area contributed by atoms with Gasteiger partial charge >= 0.3 is 12.1 Å². The fourth-order valence-electron chi connectivity index (χ4n) is 3.06. The predicted molar refractivity (Wildman–Crippen MR) is 119 cm³/mol. The third kappa shape index (κ3) is 8.89. The van der Waals surface area contributed by atoms with Crippen LogP contribution in [-0.4, -0.2) is 52.0 Å². The number of amides is 2. The number of nitrogens with one attached hydrogen (secondary N) is 2. The zero-order chi connectivity index (χ0) is 24.6. The maximum atomic E-state index is 13.1. The van der Waals surface area contributed by atoms with E-state index in [-0.39, 0.29) is 12.8 Å². The number of carbonyl (C=O) groups excluding carboxylic acids is 2. The zero-order valence-corrected chi connectivity index (χ0v) is 18.7. The maximum Gasteiger partial charge on any atom is 0.407 e. The average molecular weight is 461 g/mol. The molecule has 0 saturated heterocycles. The van der Waals surface area contributed by atoms with Crippen LogP contribution in [0.5, 0.6) is 0 Å². The smallest absolute Gasteiger partial charge is 0.407 e. The van der Waals surface area contributed by atoms with Crippen molar-refractivity contribution in [3.8, 4) is 0 Å². The molecule has 9 heteroatoms. The number of hydrogen-bond acceptors (Lipinski definition) is 5. The fourth-order valence-corrected chi connectivity index (χ4v) is 3.06. The minimum absolute atomic E-state index is 0.102. The Kier molecular flexibility index (Phi) is 8.93. The van der Waals surface area contributed by atoms with Gasteiger partial charge in [0.1, 0.15) is 17.5 Å². The van der Waals surface area contributed by atoms with E-state index in [1.165, 1.54) is 24.3 Å². The molecule has 178 valence electrons. The minimum Gasteiger partial charge on any atom is -0.480 e. The van der Waals surface area contributed by atoms with Crippen LogP contribution in [0, 0.1) is 5.82 Å². The van der Waals surface area contributed by atoms with E-state index >= 15 is 0 Å². The van der Waals surface area contributed by atoms with Gasteiger partial charge in [-0.25, -0.2) is 14.0 Å². The van der Waals surface area contributed by atoms with Crippen LogP contribution in [0.1, 0.15) is 31.9 Å². The van der Waals surface area contributed by atoms with Crippen molar-refractivity contribution in [2.24, 2.45) is 0 Å². The number of ether oxygens (including phenoxy) is 1. The number of alkyl carbamates (subject to hydrolysis) is 1. The second kappa shape index (κ2) is 11.4. The fraction of sp³-hybridized carbons (Fsp3) is 0.375. The molecule has 0 heterocycles. The van der Waals surface area contributed by atoms with Gasteiger partial charge in [0.2, 0.25) is 0 Å². The standard InChI is InChI=1S/C24H29FN2O6/c1-24(2,3)33-23(32)27-18(13-15-7-5-4-6-8-15)20(28)21(29)26-19(22(30)31)14-16-9-11-17(25)12-10-16/h4-12,18-20,28H,13-14H2,1-3H3,(H,26,29)(H,27,32)(H,30,31)/t18-,19+,20+/m1/s1. The Balaban J connectivity index is 2.14. The van der Waals surface area contributed by atoms with Crippen LogP contribution in [0.15, 0.2) is 54.6 Å². The lowest BCUT2D eigenvalue weighted by molar-refractivity contribution is -0.143. The first kappa shape index (κ1) is 25.8. The van der Waals surface area contributed by atoms with Gasteiger partial charge in [-0.2, -0.15) is 0 Å². The van der Waals surface area contributed by atoms with Crippen molar-refractivity contribution >= 4 is 18.0 Å².